The zero-order valence-corrected chi connectivity index (χ0v) is 19.5. The topological polar surface area (TPSA) is 74.8 Å². The van der Waals surface area contributed by atoms with Gasteiger partial charge in [-0.3, -0.25) is 4.99 Å². The number of fused-ring (bicyclic) bond motifs is 2. The number of aromatic carboxylic acids is 1. The standard InChI is InChI=1S/C26H26N2O3.ClH/c1-5-27-21-13-23-17(11-15(21)3)12-20-24(31-23)14-22(28-6-2)16(4)25(20)18-9-7-8-10-19(18)26(29)30;/h7-14,27H,5-6H2,1-4H3,(H,29,30);1H. The van der Waals surface area contributed by atoms with Crippen LogP contribution in [0.4, 0.5) is 5.69 Å². The first-order valence-corrected chi connectivity index (χ1v) is 10.5. The molecule has 2 aromatic rings. The SMILES string of the molecule is CCN=c1cc2oc3cc(NCC)c(C)cc3cc-2c(-c2ccccc2C(=O)O)c1C.Cl. The molecule has 0 unspecified atom stereocenters. The van der Waals surface area contributed by atoms with Gasteiger partial charge in [-0.05, 0) is 68.1 Å². The highest BCUT2D eigenvalue weighted by molar-refractivity contribution is 6.01. The lowest BCUT2D eigenvalue weighted by Crippen LogP contribution is -2.12. The third-order valence-electron chi connectivity index (χ3n) is 5.56. The maximum Gasteiger partial charge on any atom is 0.336 e. The Kier molecular flexibility index (Phi) is 6.90. The number of rotatable bonds is 5. The first-order valence-electron chi connectivity index (χ1n) is 10.5. The lowest BCUT2D eigenvalue weighted by molar-refractivity contribution is 0.0697. The number of aryl methyl sites for hydroxylation is 1. The number of nitrogens with zero attached hydrogens (tertiary/aromatic N) is 1. The largest absolute Gasteiger partial charge is 0.478 e. The maximum absolute atomic E-state index is 12.0. The van der Waals surface area contributed by atoms with Crippen LogP contribution in [-0.4, -0.2) is 24.2 Å². The van der Waals surface area contributed by atoms with E-state index in [-0.39, 0.29) is 18.0 Å². The molecule has 4 rings (SSSR count). The molecule has 0 saturated heterocycles. The van der Waals surface area contributed by atoms with E-state index in [1.807, 2.05) is 38.1 Å². The molecule has 0 spiro atoms. The fourth-order valence-electron chi connectivity index (χ4n) is 4.13. The Bertz CT molecular complexity index is 1340. The minimum absolute atomic E-state index is 0. The molecule has 0 saturated carbocycles. The molecule has 0 amide bonds. The van der Waals surface area contributed by atoms with Crippen LogP contribution in [0.3, 0.4) is 0 Å². The minimum atomic E-state index is -0.954. The third-order valence-corrected chi connectivity index (χ3v) is 5.56. The molecule has 1 aliphatic carbocycles. The lowest BCUT2D eigenvalue weighted by Gasteiger charge is -2.18. The fourth-order valence-corrected chi connectivity index (χ4v) is 4.13. The summed E-state index contributed by atoms with van der Waals surface area (Å²) >= 11 is 0. The van der Waals surface area contributed by atoms with E-state index in [0.29, 0.717) is 17.9 Å². The van der Waals surface area contributed by atoms with Crippen molar-refractivity contribution in [1.82, 2.24) is 0 Å². The molecule has 32 heavy (non-hydrogen) atoms. The molecule has 0 aromatic heterocycles. The minimum Gasteiger partial charge on any atom is -0.478 e. The molecular formula is C26H27ClN2O3. The van der Waals surface area contributed by atoms with E-state index in [1.165, 1.54) is 0 Å². The Morgan fingerprint density at radius 1 is 1.06 bits per heavy atom. The number of anilines is 1. The molecule has 5 nitrogen and oxygen atoms in total. The number of carboxylic acids is 1. The number of halogens is 1. The molecule has 2 aliphatic rings. The zero-order chi connectivity index (χ0) is 22.1. The van der Waals surface area contributed by atoms with Gasteiger partial charge in [0.05, 0.1) is 10.9 Å². The summed E-state index contributed by atoms with van der Waals surface area (Å²) in [4.78, 5) is 16.6. The average Bonchev–Trinajstić information content (AvgIpc) is 2.74. The average molecular weight is 451 g/mol. The molecule has 1 aliphatic heterocycles. The van der Waals surface area contributed by atoms with Gasteiger partial charge in [0.2, 0.25) is 0 Å². The summed E-state index contributed by atoms with van der Waals surface area (Å²) in [5, 5.41) is 15.0. The van der Waals surface area contributed by atoms with Crippen LogP contribution in [0.15, 0.2) is 57.9 Å². The van der Waals surface area contributed by atoms with Crippen LogP contribution >= 0.6 is 12.4 Å². The number of hydrogen-bond donors (Lipinski definition) is 2. The van der Waals surface area contributed by atoms with Gasteiger partial charge in [0.25, 0.3) is 0 Å². The van der Waals surface area contributed by atoms with Crippen molar-refractivity contribution in [2.24, 2.45) is 4.99 Å². The highest BCUT2D eigenvalue weighted by Crippen LogP contribution is 2.39. The number of hydrogen-bond acceptors (Lipinski definition) is 4. The third kappa shape index (κ3) is 4.08. The van der Waals surface area contributed by atoms with Crippen LogP contribution in [0.25, 0.3) is 33.4 Å². The molecule has 0 fully saturated rings. The molecule has 0 atom stereocenters. The quantitative estimate of drug-likeness (QED) is 0.350. The van der Waals surface area contributed by atoms with Crippen LogP contribution in [0.2, 0.25) is 0 Å². The van der Waals surface area contributed by atoms with E-state index >= 15 is 0 Å². The van der Waals surface area contributed by atoms with E-state index in [1.54, 1.807) is 12.1 Å². The van der Waals surface area contributed by atoms with E-state index in [9.17, 15) is 9.90 Å². The van der Waals surface area contributed by atoms with Gasteiger partial charge in [0.15, 0.2) is 0 Å². The van der Waals surface area contributed by atoms with Crippen molar-refractivity contribution in [2.45, 2.75) is 27.7 Å². The van der Waals surface area contributed by atoms with Crippen molar-refractivity contribution >= 4 is 35.0 Å². The lowest BCUT2D eigenvalue weighted by atomic mass is 9.88. The summed E-state index contributed by atoms with van der Waals surface area (Å²) in [5.74, 6) is -0.267. The Labute approximate surface area is 193 Å². The van der Waals surface area contributed by atoms with Crippen molar-refractivity contribution in [2.75, 3.05) is 18.4 Å². The summed E-state index contributed by atoms with van der Waals surface area (Å²) in [6, 6.07) is 15.3. The summed E-state index contributed by atoms with van der Waals surface area (Å²) in [6.45, 7) is 9.56. The van der Waals surface area contributed by atoms with Crippen molar-refractivity contribution in [3.8, 4) is 22.5 Å². The van der Waals surface area contributed by atoms with Gasteiger partial charge >= 0.3 is 5.97 Å². The molecule has 2 aromatic carbocycles. The number of benzene rings is 3. The fraction of sp³-hybridized carbons (Fsp3) is 0.231. The van der Waals surface area contributed by atoms with Crippen molar-refractivity contribution in [3.05, 3.63) is 70.6 Å². The van der Waals surface area contributed by atoms with Gasteiger partial charge in [-0.1, -0.05) is 18.2 Å². The molecule has 0 bridgehead atoms. The second kappa shape index (κ2) is 9.45. The normalized spacial score (nSPS) is 11.6. The molecule has 1 heterocycles. The van der Waals surface area contributed by atoms with E-state index in [0.717, 1.165) is 50.8 Å². The Hall–Kier alpha value is -3.31. The van der Waals surface area contributed by atoms with Gasteiger partial charge in [0, 0.05) is 41.9 Å². The number of carboxylic acid groups (broad SMARTS) is 1. The van der Waals surface area contributed by atoms with Crippen LogP contribution < -0.4 is 10.7 Å². The van der Waals surface area contributed by atoms with E-state index in [2.05, 4.69) is 36.3 Å². The Balaban J connectivity index is 0.00000289. The van der Waals surface area contributed by atoms with Crippen LogP contribution in [-0.2, 0) is 0 Å². The molecule has 166 valence electrons. The van der Waals surface area contributed by atoms with Crippen molar-refractivity contribution in [1.29, 1.82) is 0 Å². The van der Waals surface area contributed by atoms with Gasteiger partial charge in [-0.25, -0.2) is 4.79 Å². The van der Waals surface area contributed by atoms with Gasteiger partial charge in [0.1, 0.15) is 11.3 Å². The monoisotopic (exact) mass is 450 g/mol. The second-order valence-electron chi connectivity index (χ2n) is 7.61. The summed E-state index contributed by atoms with van der Waals surface area (Å²) in [7, 11) is 0. The highest BCUT2D eigenvalue weighted by atomic mass is 35.5. The molecule has 0 radical (unpaired) electrons. The van der Waals surface area contributed by atoms with Crippen molar-refractivity contribution < 1.29 is 14.3 Å². The summed E-state index contributed by atoms with van der Waals surface area (Å²) in [6.07, 6.45) is 0. The van der Waals surface area contributed by atoms with Gasteiger partial charge in [-0.2, -0.15) is 0 Å². The molecule has 6 heteroatoms. The number of nitrogens with one attached hydrogen (secondary N) is 1. The smallest absolute Gasteiger partial charge is 0.336 e. The Morgan fingerprint density at radius 2 is 1.81 bits per heavy atom. The second-order valence-corrected chi connectivity index (χ2v) is 7.61. The predicted molar refractivity (Wildman–Crippen MR) is 132 cm³/mol. The van der Waals surface area contributed by atoms with Crippen LogP contribution in [0, 0.1) is 13.8 Å². The van der Waals surface area contributed by atoms with Gasteiger partial charge < -0.3 is 14.8 Å². The first kappa shape index (κ1) is 23.4. The van der Waals surface area contributed by atoms with Crippen molar-refractivity contribution in [3.63, 3.8) is 0 Å². The van der Waals surface area contributed by atoms with Gasteiger partial charge in [-0.15, -0.1) is 12.4 Å². The summed E-state index contributed by atoms with van der Waals surface area (Å²) < 4.78 is 6.35. The molecule has 2 N–H and O–H groups in total. The van der Waals surface area contributed by atoms with Crippen LogP contribution in [0.1, 0.15) is 35.3 Å². The van der Waals surface area contributed by atoms with E-state index < -0.39 is 5.97 Å². The van der Waals surface area contributed by atoms with Crippen LogP contribution in [0.5, 0.6) is 0 Å². The zero-order valence-electron chi connectivity index (χ0n) is 18.7. The van der Waals surface area contributed by atoms with E-state index in [4.69, 9.17) is 4.42 Å². The highest BCUT2D eigenvalue weighted by Gasteiger charge is 2.21. The predicted octanol–water partition coefficient (Wildman–Crippen LogP) is 6.29. The Morgan fingerprint density at radius 3 is 2.50 bits per heavy atom. The molecular weight excluding hydrogens is 424 g/mol. The summed E-state index contributed by atoms with van der Waals surface area (Å²) in [5.41, 5.74) is 6.55. The maximum atomic E-state index is 12.0. The first-order chi connectivity index (χ1) is 14.9. The number of carbonyl (C=O) groups is 1.